The topological polar surface area (TPSA) is 3.88 Å². The van der Waals surface area contributed by atoms with Gasteiger partial charge in [0.15, 0.2) is 6.20 Å². The predicted octanol–water partition coefficient (Wildman–Crippen LogP) is 6.16. The highest BCUT2D eigenvalue weighted by atomic mass is 14.9. The molecule has 1 aliphatic carbocycles. The number of hydrogen-bond acceptors (Lipinski definition) is 0. The molecule has 5 aromatic rings. The molecule has 0 unspecified atom stereocenters. The molecule has 6 rings (SSSR count). The first-order chi connectivity index (χ1) is 13.6. The molecular weight excluding hydrogens is 338 g/mol. The summed E-state index contributed by atoms with van der Waals surface area (Å²) in [5.74, 6) is 0. The average molecular weight is 360 g/mol. The lowest BCUT2D eigenvalue weighted by Gasteiger charge is -2.14. The summed E-state index contributed by atoms with van der Waals surface area (Å²) in [4.78, 5) is 0. The Bertz CT molecular complexity index is 1460. The summed E-state index contributed by atoms with van der Waals surface area (Å²) in [5.41, 5.74) is 9.83. The van der Waals surface area contributed by atoms with Gasteiger partial charge in [0, 0.05) is 5.56 Å². The zero-order valence-corrected chi connectivity index (χ0v) is 16.5. The lowest BCUT2D eigenvalue weighted by atomic mass is 9.89. The molecule has 0 saturated heterocycles. The maximum absolute atomic E-state index is 2.45. The Labute approximate surface area is 164 Å². The van der Waals surface area contributed by atoms with E-state index in [-0.39, 0.29) is 0 Å². The zero-order chi connectivity index (χ0) is 19.0. The lowest BCUT2D eigenvalue weighted by molar-refractivity contribution is -0.644. The monoisotopic (exact) mass is 360 g/mol. The summed E-state index contributed by atoms with van der Waals surface area (Å²) >= 11 is 0. The maximum atomic E-state index is 2.45. The van der Waals surface area contributed by atoms with Crippen molar-refractivity contribution < 1.29 is 4.57 Å². The van der Waals surface area contributed by atoms with Crippen molar-refractivity contribution in [2.45, 2.75) is 20.3 Å². The van der Waals surface area contributed by atoms with Gasteiger partial charge in [0.05, 0.1) is 10.8 Å². The van der Waals surface area contributed by atoms with Crippen LogP contribution in [-0.4, -0.2) is 0 Å². The molecule has 1 aliphatic rings. The highest BCUT2D eigenvalue weighted by Crippen LogP contribution is 2.44. The molecule has 1 heteroatoms. The Morgan fingerprint density at radius 2 is 1.46 bits per heavy atom. The Kier molecular flexibility index (Phi) is 3.06. The van der Waals surface area contributed by atoms with E-state index in [1.165, 1.54) is 65.8 Å². The van der Waals surface area contributed by atoms with Crippen LogP contribution in [0.25, 0.3) is 43.6 Å². The van der Waals surface area contributed by atoms with Gasteiger partial charge < -0.3 is 0 Å². The molecule has 0 N–H and O–H groups in total. The average Bonchev–Trinajstić information content (AvgIpc) is 3.07. The molecule has 1 nitrogen and oxygen atoms in total. The van der Waals surface area contributed by atoms with Crippen LogP contribution in [-0.2, 0) is 13.5 Å². The number of pyridine rings is 1. The number of benzene rings is 4. The SMILES string of the molecule is Cc1cc2c3ccccc3c3cc4c(c(C)c3c2[n+](C)c1)Cc1ccccc1-4. The first kappa shape index (κ1) is 15.8. The number of aromatic nitrogens is 1. The standard InChI is InChI=1S/C27H22N/c1-16-12-25-21-11-7-6-10-20(21)24-14-23-19-9-5-4-8-18(19)13-22(23)17(2)26(24)27(25)28(3)15-16/h4-12,14-15H,13H2,1-3H3/q+1. The van der Waals surface area contributed by atoms with E-state index in [1.807, 2.05) is 0 Å². The lowest BCUT2D eigenvalue weighted by Crippen LogP contribution is -2.29. The van der Waals surface area contributed by atoms with Crippen molar-refractivity contribution in [3.63, 3.8) is 0 Å². The second kappa shape index (κ2) is 5.42. The van der Waals surface area contributed by atoms with E-state index >= 15 is 0 Å². The van der Waals surface area contributed by atoms with Crippen LogP contribution in [0.2, 0.25) is 0 Å². The molecule has 0 saturated carbocycles. The van der Waals surface area contributed by atoms with Crippen LogP contribution >= 0.6 is 0 Å². The largest absolute Gasteiger partial charge is 0.221 e. The molecule has 1 heterocycles. The summed E-state index contributed by atoms with van der Waals surface area (Å²) in [6, 6.07) is 22.5. The highest BCUT2D eigenvalue weighted by Gasteiger charge is 2.25. The Morgan fingerprint density at radius 1 is 0.750 bits per heavy atom. The fraction of sp³-hybridized carbons (Fsp3) is 0.148. The van der Waals surface area contributed by atoms with Gasteiger partial charge in [-0.2, -0.15) is 0 Å². The smallest absolute Gasteiger partial charge is 0.200 e. The Balaban J connectivity index is 1.91. The predicted molar refractivity (Wildman–Crippen MR) is 118 cm³/mol. The minimum absolute atomic E-state index is 1.04. The molecule has 134 valence electrons. The van der Waals surface area contributed by atoms with Crippen molar-refractivity contribution in [1.29, 1.82) is 0 Å². The minimum Gasteiger partial charge on any atom is -0.200 e. The van der Waals surface area contributed by atoms with E-state index in [9.17, 15) is 0 Å². The van der Waals surface area contributed by atoms with Gasteiger partial charge in [0.2, 0.25) is 5.52 Å². The summed E-state index contributed by atoms with van der Waals surface area (Å²) in [7, 11) is 2.19. The van der Waals surface area contributed by atoms with E-state index in [1.54, 1.807) is 0 Å². The molecule has 28 heavy (non-hydrogen) atoms. The summed E-state index contributed by atoms with van der Waals surface area (Å²) in [6.07, 6.45) is 3.29. The van der Waals surface area contributed by atoms with Crippen LogP contribution in [0, 0.1) is 13.8 Å². The molecule has 0 atom stereocenters. The Hall–Kier alpha value is -3.19. The second-order valence-electron chi connectivity index (χ2n) is 8.22. The molecule has 0 radical (unpaired) electrons. The quantitative estimate of drug-likeness (QED) is 0.226. The summed E-state index contributed by atoms with van der Waals surface area (Å²) in [5, 5.41) is 6.82. The first-order valence-electron chi connectivity index (χ1n) is 9.98. The van der Waals surface area contributed by atoms with E-state index < -0.39 is 0 Å². The molecule has 0 spiro atoms. The van der Waals surface area contributed by atoms with Crippen molar-refractivity contribution in [2.75, 3.05) is 0 Å². The van der Waals surface area contributed by atoms with Gasteiger partial charge in [-0.15, -0.1) is 0 Å². The molecular formula is C27H22N+. The van der Waals surface area contributed by atoms with E-state index in [2.05, 4.69) is 92.3 Å². The highest BCUT2D eigenvalue weighted by molar-refractivity contribution is 6.25. The number of aryl methyl sites for hydroxylation is 3. The zero-order valence-electron chi connectivity index (χ0n) is 16.5. The number of fused-ring (bicyclic) bond motifs is 9. The second-order valence-corrected chi connectivity index (χ2v) is 8.22. The maximum Gasteiger partial charge on any atom is 0.221 e. The van der Waals surface area contributed by atoms with Gasteiger partial charge in [-0.05, 0) is 76.4 Å². The van der Waals surface area contributed by atoms with Gasteiger partial charge in [-0.25, -0.2) is 4.57 Å². The molecule has 0 fully saturated rings. The number of nitrogens with zero attached hydrogens (tertiary/aromatic N) is 1. The van der Waals surface area contributed by atoms with E-state index in [0.29, 0.717) is 0 Å². The van der Waals surface area contributed by atoms with Crippen LogP contribution in [0.1, 0.15) is 22.3 Å². The van der Waals surface area contributed by atoms with Gasteiger partial charge in [-0.3, -0.25) is 0 Å². The van der Waals surface area contributed by atoms with Crippen molar-refractivity contribution in [3.05, 3.63) is 89.1 Å². The van der Waals surface area contributed by atoms with Crippen LogP contribution in [0.3, 0.4) is 0 Å². The van der Waals surface area contributed by atoms with Gasteiger partial charge in [0.1, 0.15) is 7.05 Å². The molecule has 0 bridgehead atoms. The summed E-state index contributed by atoms with van der Waals surface area (Å²) < 4.78 is 2.32. The van der Waals surface area contributed by atoms with Crippen LogP contribution in [0.15, 0.2) is 66.9 Å². The normalized spacial score (nSPS) is 12.7. The van der Waals surface area contributed by atoms with Crippen molar-refractivity contribution in [3.8, 4) is 11.1 Å². The molecule has 1 aromatic heterocycles. The van der Waals surface area contributed by atoms with Crippen molar-refractivity contribution in [1.82, 2.24) is 0 Å². The van der Waals surface area contributed by atoms with Crippen LogP contribution in [0.4, 0.5) is 0 Å². The summed E-state index contributed by atoms with van der Waals surface area (Å²) in [6.45, 7) is 4.51. The van der Waals surface area contributed by atoms with Crippen LogP contribution in [0.5, 0.6) is 0 Å². The molecule has 0 aliphatic heterocycles. The van der Waals surface area contributed by atoms with Gasteiger partial charge in [-0.1, -0.05) is 48.5 Å². The van der Waals surface area contributed by atoms with Gasteiger partial charge in [0.25, 0.3) is 0 Å². The fourth-order valence-corrected chi connectivity index (χ4v) is 5.33. The number of rotatable bonds is 0. The van der Waals surface area contributed by atoms with E-state index in [0.717, 1.165) is 6.42 Å². The number of hydrogen-bond donors (Lipinski definition) is 0. The third-order valence-electron chi connectivity index (χ3n) is 6.51. The minimum atomic E-state index is 1.04. The Morgan fingerprint density at radius 3 is 2.29 bits per heavy atom. The molecule has 4 aromatic carbocycles. The van der Waals surface area contributed by atoms with Crippen molar-refractivity contribution in [2.24, 2.45) is 7.05 Å². The molecule has 0 amide bonds. The van der Waals surface area contributed by atoms with Crippen LogP contribution < -0.4 is 4.57 Å². The van der Waals surface area contributed by atoms with Gasteiger partial charge >= 0.3 is 0 Å². The van der Waals surface area contributed by atoms with Crippen molar-refractivity contribution >= 4 is 32.4 Å². The third-order valence-corrected chi connectivity index (χ3v) is 6.51. The first-order valence-corrected chi connectivity index (χ1v) is 9.98. The van der Waals surface area contributed by atoms with E-state index in [4.69, 9.17) is 0 Å². The third kappa shape index (κ3) is 1.94. The fourth-order valence-electron chi connectivity index (χ4n) is 5.33.